The van der Waals surface area contributed by atoms with Gasteiger partial charge < -0.3 is 19.5 Å². The smallest absolute Gasteiger partial charge is 0.270 e. The molecule has 3 aromatic carbocycles. The van der Waals surface area contributed by atoms with Gasteiger partial charge in [0.05, 0.1) is 18.6 Å². The van der Waals surface area contributed by atoms with Gasteiger partial charge in [-0.3, -0.25) is 14.9 Å². The van der Waals surface area contributed by atoms with E-state index in [1.807, 2.05) is 29.2 Å². The van der Waals surface area contributed by atoms with Crippen molar-refractivity contribution in [3.8, 4) is 11.5 Å². The lowest BCUT2D eigenvalue weighted by Crippen LogP contribution is -2.36. The van der Waals surface area contributed by atoms with Crippen LogP contribution in [-0.2, 0) is 26.1 Å². The van der Waals surface area contributed by atoms with Crippen LogP contribution < -0.4 is 14.4 Å². The molecule has 2 aliphatic heterocycles. The zero-order valence-electron chi connectivity index (χ0n) is 18.7. The van der Waals surface area contributed by atoms with Crippen LogP contribution in [0.5, 0.6) is 11.5 Å². The molecule has 1 atom stereocenters. The first kappa shape index (κ1) is 21.9. The Morgan fingerprint density at radius 2 is 1.88 bits per heavy atom. The minimum Gasteiger partial charge on any atom is -0.493 e. The Labute approximate surface area is 196 Å². The van der Waals surface area contributed by atoms with Gasteiger partial charge in [0.1, 0.15) is 6.61 Å². The highest BCUT2D eigenvalue weighted by molar-refractivity contribution is 6.09. The number of fused-ring (bicyclic) bond motifs is 4. The van der Waals surface area contributed by atoms with E-state index in [0.717, 1.165) is 30.5 Å². The number of anilines is 1. The van der Waals surface area contributed by atoms with Crippen LogP contribution in [0.1, 0.15) is 39.0 Å². The van der Waals surface area contributed by atoms with E-state index >= 15 is 0 Å². The number of nitrogens with zero attached hydrogens (tertiary/aromatic N) is 2. The second kappa shape index (κ2) is 8.79. The highest BCUT2D eigenvalue weighted by Gasteiger charge is 2.37. The summed E-state index contributed by atoms with van der Waals surface area (Å²) in [6.45, 7) is -0.250. The maximum atomic E-state index is 13.6. The fraction of sp³-hybridized carbons (Fsp3) is 0.269. The van der Waals surface area contributed by atoms with Gasteiger partial charge in [0, 0.05) is 29.4 Å². The summed E-state index contributed by atoms with van der Waals surface area (Å²) in [7, 11) is 1.51. The molecule has 0 bridgehead atoms. The van der Waals surface area contributed by atoms with E-state index in [9.17, 15) is 20.0 Å². The molecule has 0 fully saturated rings. The van der Waals surface area contributed by atoms with Crippen LogP contribution >= 0.6 is 0 Å². The molecule has 0 aliphatic carbocycles. The second-order valence-corrected chi connectivity index (χ2v) is 8.57. The predicted octanol–water partition coefficient (Wildman–Crippen LogP) is 4.19. The van der Waals surface area contributed by atoms with Crippen LogP contribution in [-0.4, -0.2) is 29.1 Å². The quantitative estimate of drug-likeness (QED) is 0.437. The monoisotopic (exact) mass is 460 g/mol. The molecule has 0 radical (unpaired) electrons. The molecule has 8 nitrogen and oxygen atoms in total. The molecule has 0 saturated carbocycles. The van der Waals surface area contributed by atoms with Gasteiger partial charge in [-0.25, -0.2) is 0 Å². The third kappa shape index (κ3) is 3.86. The lowest BCUT2D eigenvalue weighted by Gasteiger charge is -2.23. The van der Waals surface area contributed by atoms with Gasteiger partial charge in [-0.2, -0.15) is 0 Å². The summed E-state index contributed by atoms with van der Waals surface area (Å²) >= 11 is 0. The van der Waals surface area contributed by atoms with E-state index in [1.165, 1.54) is 24.8 Å². The molecular formula is C26H24N2O6. The first-order chi connectivity index (χ1) is 16.5. The standard InChI is InChI=1S/C26H24N2O6/c1-33-24-13-22-18(6-7-20-11-19-4-2-3-5-23(19)27(20)26(22)30)12-25(24)34-15-17-8-16(14-29)9-21(10-17)28(31)32/h2-5,8-10,12-13,20,29H,6-7,11,14-15H2,1H3/t20-/m1/s1. The average molecular weight is 460 g/mol. The van der Waals surface area contributed by atoms with Crippen LogP contribution in [0.15, 0.2) is 54.6 Å². The minimum absolute atomic E-state index is 0.0430. The fourth-order valence-corrected chi connectivity index (χ4v) is 4.88. The van der Waals surface area contributed by atoms with Crippen molar-refractivity contribution < 1.29 is 24.3 Å². The topological polar surface area (TPSA) is 102 Å². The highest BCUT2D eigenvalue weighted by Crippen LogP contribution is 2.40. The van der Waals surface area contributed by atoms with Gasteiger partial charge in [0.15, 0.2) is 11.5 Å². The van der Waals surface area contributed by atoms with Crippen LogP contribution in [0.25, 0.3) is 0 Å². The van der Waals surface area contributed by atoms with Crippen molar-refractivity contribution in [3.63, 3.8) is 0 Å². The molecule has 174 valence electrons. The first-order valence-electron chi connectivity index (χ1n) is 11.1. The maximum absolute atomic E-state index is 13.6. The number of aliphatic hydroxyl groups excluding tert-OH is 1. The molecule has 0 unspecified atom stereocenters. The molecule has 1 amide bonds. The zero-order chi connectivity index (χ0) is 23.8. The molecule has 0 saturated heterocycles. The number of para-hydroxylation sites is 1. The Morgan fingerprint density at radius 3 is 2.65 bits per heavy atom. The summed E-state index contributed by atoms with van der Waals surface area (Å²) in [6.07, 6.45) is 2.41. The first-order valence-corrected chi connectivity index (χ1v) is 11.1. The molecule has 8 heteroatoms. The number of carbonyl (C=O) groups excluding carboxylic acids is 1. The average Bonchev–Trinajstić information content (AvgIpc) is 3.17. The van der Waals surface area contributed by atoms with E-state index in [1.54, 1.807) is 12.1 Å². The van der Waals surface area contributed by atoms with Gasteiger partial charge in [0.25, 0.3) is 11.6 Å². The SMILES string of the molecule is COc1cc2c(cc1OCc1cc(CO)cc([N+](=O)[O-])c1)CC[C@@H]1Cc3ccccc3N1C2=O. The number of non-ortho nitro benzene ring substituents is 1. The summed E-state index contributed by atoms with van der Waals surface area (Å²) in [6, 6.07) is 16.1. The number of carbonyl (C=O) groups is 1. The van der Waals surface area contributed by atoms with Crippen LogP contribution in [0.4, 0.5) is 11.4 Å². The number of nitro groups is 1. The summed E-state index contributed by atoms with van der Waals surface area (Å²) in [5, 5.41) is 20.6. The normalized spacial score (nSPS) is 16.4. The molecular weight excluding hydrogens is 436 g/mol. The second-order valence-electron chi connectivity index (χ2n) is 8.57. The van der Waals surface area contributed by atoms with Crippen molar-refractivity contribution in [1.82, 2.24) is 0 Å². The number of rotatable bonds is 6. The van der Waals surface area contributed by atoms with Gasteiger partial charge in [0.2, 0.25) is 0 Å². The van der Waals surface area contributed by atoms with Gasteiger partial charge in [-0.05, 0) is 65.8 Å². The van der Waals surface area contributed by atoms with Crippen molar-refractivity contribution in [2.75, 3.05) is 12.0 Å². The molecule has 3 aromatic rings. The number of hydrogen-bond donors (Lipinski definition) is 1. The maximum Gasteiger partial charge on any atom is 0.270 e. The number of methoxy groups -OCH3 is 1. The summed E-state index contributed by atoms with van der Waals surface area (Å²) < 4.78 is 11.5. The largest absolute Gasteiger partial charge is 0.493 e. The van der Waals surface area contributed by atoms with Crippen molar-refractivity contribution in [3.05, 3.63) is 92.5 Å². The summed E-state index contributed by atoms with van der Waals surface area (Å²) in [4.78, 5) is 26.2. The molecule has 34 heavy (non-hydrogen) atoms. The summed E-state index contributed by atoms with van der Waals surface area (Å²) in [5.41, 5.74) is 4.54. The molecule has 0 spiro atoms. The van der Waals surface area contributed by atoms with Crippen molar-refractivity contribution in [2.24, 2.45) is 0 Å². The number of hydrogen-bond acceptors (Lipinski definition) is 6. The number of nitro benzene ring substituents is 1. The Morgan fingerprint density at radius 1 is 1.09 bits per heavy atom. The lowest BCUT2D eigenvalue weighted by atomic mass is 9.99. The van der Waals surface area contributed by atoms with Crippen molar-refractivity contribution >= 4 is 17.3 Å². The molecule has 1 N–H and O–H groups in total. The number of ether oxygens (including phenoxy) is 2. The highest BCUT2D eigenvalue weighted by atomic mass is 16.6. The molecule has 5 rings (SSSR count). The van der Waals surface area contributed by atoms with E-state index in [0.29, 0.717) is 28.2 Å². The number of aliphatic hydroxyl groups is 1. The molecule has 2 heterocycles. The van der Waals surface area contributed by atoms with Crippen LogP contribution in [0, 0.1) is 10.1 Å². The van der Waals surface area contributed by atoms with Gasteiger partial charge >= 0.3 is 0 Å². The van der Waals surface area contributed by atoms with Crippen LogP contribution in [0.3, 0.4) is 0 Å². The Kier molecular flexibility index (Phi) is 5.67. The van der Waals surface area contributed by atoms with Gasteiger partial charge in [-0.15, -0.1) is 0 Å². The summed E-state index contributed by atoms with van der Waals surface area (Å²) in [5.74, 6) is 0.845. The van der Waals surface area contributed by atoms with Crippen LogP contribution in [0.2, 0.25) is 0 Å². The van der Waals surface area contributed by atoms with E-state index < -0.39 is 4.92 Å². The third-order valence-corrected chi connectivity index (χ3v) is 6.48. The number of aryl methyl sites for hydroxylation is 1. The zero-order valence-corrected chi connectivity index (χ0v) is 18.7. The predicted molar refractivity (Wildman–Crippen MR) is 125 cm³/mol. The van der Waals surface area contributed by atoms with Gasteiger partial charge in [-0.1, -0.05) is 18.2 Å². The van der Waals surface area contributed by atoms with Crippen molar-refractivity contribution in [2.45, 2.75) is 38.5 Å². The number of amides is 1. The molecule has 2 aliphatic rings. The minimum atomic E-state index is -0.498. The Hall–Kier alpha value is -3.91. The number of benzene rings is 3. The Balaban J connectivity index is 1.45. The van der Waals surface area contributed by atoms with E-state index in [2.05, 4.69) is 6.07 Å². The third-order valence-electron chi connectivity index (χ3n) is 6.48. The van der Waals surface area contributed by atoms with E-state index in [4.69, 9.17) is 9.47 Å². The van der Waals surface area contributed by atoms with E-state index in [-0.39, 0.29) is 30.9 Å². The lowest BCUT2D eigenvalue weighted by molar-refractivity contribution is -0.385. The molecule has 0 aromatic heterocycles. The fourth-order valence-electron chi connectivity index (χ4n) is 4.88. The Bertz CT molecular complexity index is 1290. The van der Waals surface area contributed by atoms with Crippen molar-refractivity contribution in [1.29, 1.82) is 0 Å².